The maximum absolute atomic E-state index is 9.36. The molecule has 0 unspecified atom stereocenters. The zero-order valence-corrected chi connectivity index (χ0v) is 18.1. The van der Waals surface area contributed by atoms with E-state index < -0.39 is 14.1 Å². The van der Waals surface area contributed by atoms with Gasteiger partial charge in [0.1, 0.15) is 0 Å². The molecule has 1 heterocycles. The number of ether oxygens (including phenoxy) is 2. The van der Waals surface area contributed by atoms with Gasteiger partial charge >= 0.3 is 0 Å². The molecule has 0 saturated carbocycles. The van der Waals surface area contributed by atoms with Gasteiger partial charge in [-0.15, -0.1) is 0 Å². The summed E-state index contributed by atoms with van der Waals surface area (Å²) in [6, 6.07) is 0. The summed E-state index contributed by atoms with van der Waals surface area (Å²) in [5.41, 5.74) is 0. The predicted molar refractivity (Wildman–Crippen MR) is 102 cm³/mol. The van der Waals surface area contributed by atoms with Crippen molar-refractivity contribution < 1.29 is 19.0 Å². The molecule has 0 radical (unpaired) electrons. The third-order valence-electron chi connectivity index (χ3n) is 5.96. The highest BCUT2D eigenvalue weighted by Gasteiger charge is 2.43. The van der Waals surface area contributed by atoms with E-state index in [1.165, 1.54) is 0 Å². The first-order chi connectivity index (χ1) is 11.0. The Morgan fingerprint density at radius 2 is 1.83 bits per heavy atom. The van der Waals surface area contributed by atoms with Crippen LogP contribution in [0, 0.1) is 5.92 Å². The van der Waals surface area contributed by atoms with Gasteiger partial charge in [-0.2, -0.15) is 0 Å². The van der Waals surface area contributed by atoms with Crippen molar-refractivity contribution in [3.05, 3.63) is 0 Å². The monoisotopic (exact) mass is 360 g/mol. The van der Waals surface area contributed by atoms with E-state index in [9.17, 15) is 5.11 Å². The van der Waals surface area contributed by atoms with Crippen molar-refractivity contribution >= 4 is 8.32 Å². The van der Waals surface area contributed by atoms with Crippen LogP contribution in [0.25, 0.3) is 0 Å². The number of hydrogen-bond acceptors (Lipinski definition) is 4. The highest BCUT2D eigenvalue weighted by atomic mass is 28.4. The summed E-state index contributed by atoms with van der Waals surface area (Å²) in [5, 5.41) is 9.54. The van der Waals surface area contributed by atoms with Crippen molar-refractivity contribution in [2.75, 3.05) is 13.2 Å². The average Bonchev–Trinajstić information content (AvgIpc) is 2.89. The maximum Gasteiger partial charge on any atom is 0.192 e. The van der Waals surface area contributed by atoms with Crippen molar-refractivity contribution in [2.24, 2.45) is 5.92 Å². The van der Waals surface area contributed by atoms with Crippen molar-refractivity contribution in [1.29, 1.82) is 0 Å². The zero-order valence-electron chi connectivity index (χ0n) is 17.1. The molecule has 3 atom stereocenters. The van der Waals surface area contributed by atoms with E-state index in [2.05, 4.69) is 54.6 Å². The molecule has 1 saturated heterocycles. The van der Waals surface area contributed by atoms with Gasteiger partial charge in [0, 0.05) is 13.0 Å². The molecule has 1 aliphatic heterocycles. The molecule has 0 aliphatic carbocycles. The van der Waals surface area contributed by atoms with E-state index in [0.29, 0.717) is 12.5 Å². The van der Waals surface area contributed by atoms with Gasteiger partial charge in [0.2, 0.25) is 0 Å². The number of rotatable bonds is 9. The van der Waals surface area contributed by atoms with Gasteiger partial charge in [-0.25, -0.2) is 0 Å². The summed E-state index contributed by atoms with van der Waals surface area (Å²) in [6.45, 7) is 18.6. The maximum atomic E-state index is 9.36. The minimum atomic E-state index is -1.86. The van der Waals surface area contributed by atoms with Crippen LogP contribution in [0.2, 0.25) is 18.1 Å². The lowest BCUT2D eigenvalue weighted by atomic mass is 9.96. The normalized spacial score (nSPS) is 24.1. The smallest absolute Gasteiger partial charge is 0.192 e. The topological polar surface area (TPSA) is 47.9 Å². The fraction of sp³-hybridized carbons (Fsp3) is 1.00. The lowest BCUT2D eigenvalue weighted by Gasteiger charge is -2.41. The average molecular weight is 361 g/mol. The van der Waals surface area contributed by atoms with E-state index in [1.54, 1.807) is 0 Å². The third-order valence-corrected chi connectivity index (χ3v) is 10.5. The fourth-order valence-corrected chi connectivity index (χ4v) is 4.39. The highest BCUT2D eigenvalue weighted by molar-refractivity contribution is 6.74. The number of aliphatic hydroxyl groups excluding tert-OH is 1. The molecule has 0 aromatic rings. The van der Waals surface area contributed by atoms with E-state index in [4.69, 9.17) is 13.9 Å². The van der Waals surface area contributed by atoms with Crippen LogP contribution in [0.4, 0.5) is 0 Å². The van der Waals surface area contributed by atoms with Crippen LogP contribution in [-0.2, 0) is 13.9 Å². The van der Waals surface area contributed by atoms with E-state index in [1.807, 2.05) is 0 Å². The Balaban J connectivity index is 2.81. The molecule has 1 aliphatic rings. The Morgan fingerprint density at radius 1 is 1.25 bits per heavy atom. The first-order valence-corrected chi connectivity index (χ1v) is 12.5. The number of hydrogen-bond donors (Lipinski definition) is 1. The fourth-order valence-electron chi connectivity index (χ4n) is 2.95. The molecule has 24 heavy (non-hydrogen) atoms. The summed E-state index contributed by atoms with van der Waals surface area (Å²) < 4.78 is 18.9. The second-order valence-electron chi connectivity index (χ2n) is 8.81. The molecule has 1 N–H and O–H groups in total. The Bertz CT molecular complexity index is 374. The summed E-state index contributed by atoms with van der Waals surface area (Å²) >= 11 is 0. The molecule has 1 rings (SSSR count). The van der Waals surface area contributed by atoms with Gasteiger partial charge < -0.3 is 19.0 Å². The van der Waals surface area contributed by atoms with E-state index >= 15 is 0 Å². The standard InChI is InChI=1S/C19H40O4Si/c1-9-19(10-2)21-14-16(22-19)13-17(15(3)11-12-20)23-24(7,8)18(4,5)6/h15-17,20H,9-14H2,1-8H3/t15-,16-,17+/m1/s1. The number of aliphatic hydroxyl groups is 1. The zero-order chi connectivity index (χ0) is 18.6. The van der Waals surface area contributed by atoms with Crippen LogP contribution in [0.15, 0.2) is 0 Å². The molecule has 144 valence electrons. The molecule has 1 fully saturated rings. The van der Waals surface area contributed by atoms with Crippen LogP contribution in [-0.4, -0.2) is 44.6 Å². The highest BCUT2D eigenvalue weighted by Crippen LogP contribution is 2.40. The summed E-state index contributed by atoms with van der Waals surface area (Å²) in [6.07, 6.45) is 3.55. The van der Waals surface area contributed by atoms with E-state index in [0.717, 1.165) is 25.7 Å². The third kappa shape index (κ3) is 5.53. The van der Waals surface area contributed by atoms with Crippen LogP contribution in [0.1, 0.15) is 67.2 Å². The molecule has 0 amide bonds. The summed E-state index contributed by atoms with van der Waals surface area (Å²) in [5.74, 6) is -0.0992. The molecular formula is C19H40O4Si. The van der Waals surface area contributed by atoms with Gasteiger partial charge in [-0.1, -0.05) is 41.5 Å². The van der Waals surface area contributed by atoms with Gasteiger partial charge in [0.25, 0.3) is 0 Å². The molecule has 4 nitrogen and oxygen atoms in total. The SMILES string of the molecule is CCC1(CC)OC[C@@H](C[C@H](O[Si](C)(C)C(C)(C)C)[C@H](C)CCO)O1. The minimum Gasteiger partial charge on any atom is -0.414 e. The van der Waals surface area contributed by atoms with Gasteiger partial charge in [-0.3, -0.25) is 0 Å². The van der Waals surface area contributed by atoms with Crippen LogP contribution >= 0.6 is 0 Å². The lowest BCUT2D eigenvalue weighted by molar-refractivity contribution is -0.174. The quantitative estimate of drug-likeness (QED) is 0.605. The first kappa shape index (κ1) is 22.1. The van der Waals surface area contributed by atoms with E-state index in [-0.39, 0.29) is 23.9 Å². The molecule has 0 aromatic heterocycles. The first-order valence-electron chi connectivity index (χ1n) is 9.60. The van der Waals surface area contributed by atoms with Gasteiger partial charge in [0.15, 0.2) is 14.1 Å². The second kappa shape index (κ2) is 8.63. The van der Waals surface area contributed by atoms with Crippen molar-refractivity contribution in [3.8, 4) is 0 Å². The minimum absolute atomic E-state index is 0.0841. The largest absolute Gasteiger partial charge is 0.414 e. The molecule has 0 aromatic carbocycles. The molecular weight excluding hydrogens is 320 g/mol. The Morgan fingerprint density at radius 3 is 2.25 bits per heavy atom. The molecule has 0 spiro atoms. The molecule has 0 bridgehead atoms. The Hall–Kier alpha value is 0.0569. The summed E-state index contributed by atoms with van der Waals surface area (Å²) in [7, 11) is -1.86. The van der Waals surface area contributed by atoms with Crippen LogP contribution in [0.5, 0.6) is 0 Å². The van der Waals surface area contributed by atoms with Crippen LogP contribution in [0.3, 0.4) is 0 Å². The Labute approximate surface area is 150 Å². The van der Waals surface area contributed by atoms with Gasteiger partial charge in [-0.05, 0) is 43.3 Å². The van der Waals surface area contributed by atoms with Gasteiger partial charge in [0.05, 0.1) is 18.8 Å². The van der Waals surface area contributed by atoms with Crippen molar-refractivity contribution in [2.45, 2.75) is 103 Å². The van der Waals surface area contributed by atoms with Crippen LogP contribution < -0.4 is 0 Å². The summed E-state index contributed by atoms with van der Waals surface area (Å²) in [4.78, 5) is 0. The Kier molecular flexibility index (Phi) is 7.94. The predicted octanol–water partition coefficient (Wildman–Crippen LogP) is 4.72. The molecule has 5 heteroatoms. The van der Waals surface area contributed by atoms with Crippen molar-refractivity contribution in [1.82, 2.24) is 0 Å². The second-order valence-corrected chi connectivity index (χ2v) is 13.6. The lowest BCUT2D eigenvalue weighted by Crippen LogP contribution is -2.46. The van der Waals surface area contributed by atoms with Crippen molar-refractivity contribution in [3.63, 3.8) is 0 Å².